The van der Waals surface area contributed by atoms with Crippen molar-refractivity contribution in [2.24, 2.45) is 0 Å². The fraction of sp³-hybridized carbons (Fsp3) is 0.118. The third-order valence-electron chi connectivity index (χ3n) is 3.45. The molecule has 0 spiro atoms. The summed E-state index contributed by atoms with van der Waals surface area (Å²) in [6.07, 6.45) is 1.15. The summed E-state index contributed by atoms with van der Waals surface area (Å²) in [7, 11) is 0. The monoisotopic (exact) mass is 404 g/mol. The summed E-state index contributed by atoms with van der Waals surface area (Å²) in [6.45, 7) is -1.02. The number of amides is 1. The van der Waals surface area contributed by atoms with Crippen LogP contribution >= 0.6 is 11.3 Å². The lowest BCUT2D eigenvalue weighted by molar-refractivity contribution is -0.148. The zero-order valence-electron chi connectivity index (χ0n) is 14.2. The smallest absolute Gasteiger partial charge is 0.328 e. The van der Waals surface area contributed by atoms with Crippen molar-refractivity contribution in [3.05, 3.63) is 68.6 Å². The third kappa shape index (κ3) is 4.98. The van der Waals surface area contributed by atoms with Crippen LogP contribution < -0.4 is 16.6 Å². The van der Waals surface area contributed by atoms with Gasteiger partial charge in [-0.1, -0.05) is 0 Å². The van der Waals surface area contributed by atoms with Crippen molar-refractivity contribution in [1.82, 2.24) is 14.5 Å². The van der Waals surface area contributed by atoms with E-state index in [1.54, 1.807) is 17.5 Å². The van der Waals surface area contributed by atoms with Gasteiger partial charge < -0.3 is 4.74 Å². The van der Waals surface area contributed by atoms with Gasteiger partial charge in [0.15, 0.2) is 11.7 Å². The van der Waals surface area contributed by atoms with E-state index in [1.165, 1.54) is 12.1 Å². The minimum Gasteiger partial charge on any atom is -0.454 e. The van der Waals surface area contributed by atoms with E-state index in [0.29, 0.717) is 11.3 Å². The van der Waals surface area contributed by atoms with Crippen LogP contribution in [0, 0.1) is 5.82 Å². The number of hydrogen-bond donors (Lipinski definition) is 2. The number of aromatic amines is 1. The van der Waals surface area contributed by atoms with Gasteiger partial charge in [-0.2, -0.15) is 0 Å². The van der Waals surface area contributed by atoms with Gasteiger partial charge in [-0.25, -0.2) is 14.2 Å². The minimum absolute atomic E-state index is 0.289. The number of rotatable bonds is 6. The Hall–Kier alpha value is -3.60. The van der Waals surface area contributed by atoms with Crippen LogP contribution in [-0.4, -0.2) is 33.0 Å². The van der Waals surface area contributed by atoms with Crippen molar-refractivity contribution in [3.63, 3.8) is 0 Å². The number of carbonyl (C=O) groups is 2. The molecule has 0 fully saturated rings. The van der Waals surface area contributed by atoms with E-state index in [1.807, 2.05) is 4.98 Å². The predicted molar refractivity (Wildman–Crippen MR) is 98.4 cm³/mol. The van der Waals surface area contributed by atoms with E-state index in [0.717, 1.165) is 28.2 Å². The van der Waals surface area contributed by atoms with Crippen molar-refractivity contribution in [2.75, 3.05) is 11.9 Å². The Morgan fingerprint density at radius 2 is 1.96 bits per heavy atom. The fourth-order valence-electron chi connectivity index (χ4n) is 2.14. The van der Waals surface area contributed by atoms with Crippen LogP contribution in [0.1, 0.15) is 0 Å². The average Bonchev–Trinajstić information content (AvgIpc) is 3.11. The number of aromatic nitrogens is 3. The largest absolute Gasteiger partial charge is 0.454 e. The first-order valence-electron chi connectivity index (χ1n) is 7.87. The van der Waals surface area contributed by atoms with Gasteiger partial charge in [0.25, 0.3) is 11.5 Å². The maximum Gasteiger partial charge on any atom is 0.328 e. The molecular weight excluding hydrogens is 391 g/mol. The molecule has 0 saturated heterocycles. The maximum absolute atomic E-state index is 13.0. The zero-order chi connectivity index (χ0) is 20.1. The summed E-state index contributed by atoms with van der Waals surface area (Å²) in [5, 5.41) is 4.46. The molecule has 1 aromatic carbocycles. The van der Waals surface area contributed by atoms with Gasteiger partial charge in [-0.15, -0.1) is 11.3 Å². The Morgan fingerprint density at radius 1 is 1.21 bits per heavy atom. The van der Waals surface area contributed by atoms with Crippen LogP contribution in [0.15, 0.2) is 51.5 Å². The van der Waals surface area contributed by atoms with Crippen LogP contribution in [0.3, 0.4) is 0 Å². The second-order valence-electron chi connectivity index (χ2n) is 5.49. The third-order valence-corrected chi connectivity index (χ3v) is 4.21. The summed E-state index contributed by atoms with van der Waals surface area (Å²) >= 11 is 1.16. The summed E-state index contributed by atoms with van der Waals surface area (Å²) in [5.41, 5.74) is -0.0897. The summed E-state index contributed by atoms with van der Waals surface area (Å²) in [5.74, 6) is -1.80. The molecule has 3 aromatic rings. The van der Waals surface area contributed by atoms with Gasteiger partial charge in [0.05, 0.1) is 5.69 Å². The van der Waals surface area contributed by atoms with Crippen molar-refractivity contribution in [2.45, 2.75) is 6.54 Å². The predicted octanol–water partition coefficient (Wildman–Crippen LogP) is 0.981. The normalized spacial score (nSPS) is 10.5. The highest BCUT2D eigenvalue weighted by molar-refractivity contribution is 7.14. The maximum atomic E-state index is 13.0. The topological polar surface area (TPSA) is 123 Å². The zero-order valence-corrected chi connectivity index (χ0v) is 15.0. The number of esters is 1. The molecule has 1 amide bonds. The van der Waals surface area contributed by atoms with Gasteiger partial charge in [0.1, 0.15) is 12.4 Å². The summed E-state index contributed by atoms with van der Waals surface area (Å²) in [6, 6.07) is 6.83. The summed E-state index contributed by atoms with van der Waals surface area (Å²) < 4.78 is 18.7. The lowest BCUT2D eigenvalue weighted by atomic mass is 10.2. The van der Waals surface area contributed by atoms with Gasteiger partial charge in [-0.3, -0.25) is 29.3 Å². The molecule has 0 aliphatic heterocycles. The van der Waals surface area contributed by atoms with Gasteiger partial charge in [-0.05, 0) is 24.3 Å². The van der Waals surface area contributed by atoms with Crippen LogP contribution in [0.5, 0.6) is 0 Å². The number of nitrogens with zero attached hydrogens (tertiary/aromatic N) is 2. The number of hydrogen-bond acceptors (Lipinski definition) is 7. The molecule has 0 aliphatic carbocycles. The van der Waals surface area contributed by atoms with E-state index < -0.39 is 36.3 Å². The Labute approximate surface area is 160 Å². The highest BCUT2D eigenvalue weighted by Crippen LogP contribution is 2.24. The van der Waals surface area contributed by atoms with Crippen molar-refractivity contribution in [3.8, 4) is 11.3 Å². The SMILES string of the molecule is O=C(COC(=O)Cn1ccc(=O)[nH]c1=O)Nc1nc(-c2ccc(F)cc2)cs1. The molecule has 2 N–H and O–H groups in total. The summed E-state index contributed by atoms with van der Waals surface area (Å²) in [4.78, 5) is 52.3. The standard InChI is InChI=1S/C17H13FN4O5S/c18-11-3-1-10(2-4-11)12-9-28-16(19-12)20-14(24)8-27-15(25)7-22-6-5-13(23)21-17(22)26/h1-6,9H,7-8H2,(H,19,20,24)(H,21,23,26). The molecule has 3 rings (SSSR count). The van der Waals surface area contributed by atoms with Crippen LogP contribution in [0.4, 0.5) is 9.52 Å². The highest BCUT2D eigenvalue weighted by Gasteiger charge is 2.12. The Balaban J connectivity index is 1.51. The minimum atomic E-state index is -0.824. The van der Waals surface area contributed by atoms with Crippen molar-refractivity contribution >= 4 is 28.3 Å². The molecule has 0 atom stereocenters. The highest BCUT2D eigenvalue weighted by atomic mass is 32.1. The first-order valence-corrected chi connectivity index (χ1v) is 8.75. The van der Waals surface area contributed by atoms with Crippen molar-refractivity contribution < 1.29 is 18.7 Å². The van der Waals surface area contributed by atoms with Crippen LogP contribution in [0.2, 0.25) is 0 Å². The molecule has 0 radical (unpaired) electrons. The Kier molecular flexibility index (Phi) is 5.75. The number of ether oxygens (including phenoxy) is 1. The quantitative estimate of drug-likeness (QED) is 0.591. The molecule has 11 heteroatoms. The molecule has 9 nitrogen and oxygen atoms in total. The molecular formula is C17H13FN4O5S. The Morgan fingerprint density at radius 3 is 2.68 bits per heavy atom. The first-order chi connectivity index (χ1) is 13.4. The number of anilines is 1. The van der Waals surface area contributed by atoms with Gasteiger partial charge >= 0.3 is 11.7 Å². The fourth-order valence-corrected chi connectivity index (χ4v) is 2.88. The van der Waals surface area contributed by atoms with Crippen LogP contribution in [-0.2, 0) is 20.9 Å². The Bertz CT molecular complexity index is 1120. The number of halogens is 1. The number of H-pyrrole nitrogens is 1. The van der Waals surface area contributed by atoms with Gasteiger partial charge in [0.2, 0.25) is 0 Å². The van der Waals surface area contributed by atoms with E-state index in [-0.39, 0.29) is 10.9 Å². The van der Waals surface area contributed by atoms with E-state index in [2.05, 4.69) is 10.3 Å². The number of nitrogens with one attached hydrogen (secondary N) is 2. The van der Waals surface area contributed by atoms with Crippen molar-refractivity contribution in [1.29, 1.82) is 0 Å². The lowest BCUT2D eigenvalue weighted by Gasteiger charge is -2.06. The molecule has 0 unspecified atom stereocenters. The number of benzene rings is 1. The second-order valence-corrected chi connectivity index (χ2v) is 6.35. The number of carbonyl (C=O) groups excluding carboxylic acids is 2. The molecule has 28 heavy (non-hydrogen) atoms. The van der Waals surface area contributed by atoms with E-state index in [9.17, 15) is 23.6 Å². The molecule has 0 aliphatic rings. The van der Waals surface area contributed by atoms with E-state index >= 15 is 0 Å². The number of thiazole rings is 1. The molecule has 2 aromatic heterocycles. The van der Waals surface area contributed by atoms with Gasteiger partial charge in [0, 0.05) is 23.2 Å². The first kappa shape index (κ1) is 19.2. The molecule has 2 heterocycles. The molecule has 144 valence electrons. The van der Waals surface area contributed by atoms with Crippen LogP contribution in [0.25, 0.3) is 11.3 Å². The average molecular weight is 404 g/mol. The lowest BCUT2D eigenvalue weighted by Crippen LogP contribution is -2.32. The second kappa shape index (κ2) is 8.39. The molecule has 0 saturated carbocycles. The van der Waals surface area contributed by atoms with E-state index in [4.69, 9.17) is 4.74 Å². The molecule has 0 bridgehead atoms.